The molecule has 0 saturated carbocycles. The van der Waals surface area contributed by atoms with E-state index in [1.54, 1.807) is 0 Å². The first-order valence-electron chi connectivity index (χ1n) is 3.73. The van der Waals surface area contributed by atoms with Crippen molar-refractivity contribution in [2.75, 3.05) is 18.1 Å². The topological polar surface area (TPSA) is 46.2 Å². The van der Waals surface area contributed by atoms with Gasteiger partial charge in [0.25, 0.3) is 0 Å². The quantitative estimate of drug-likeness (QED) is 0.570. The summed E-state index contributed by atoms with van der Waals surface area (Å²) < 4.78 is 0. The predicted octanol–water partition coefficient (Wildman–Crippen LogP) is 0.839. The molecule has 62 valence electrons. The van der Waals surface area contributed by atoms with Crippen LogP contribution in [0, 0.1) is 0 Å². The van der Waals surface area contributed by atoms with Crippen LogP contribution in [0.25, 0.3) is 0 Å². The fraction of sp³-hybridized carbons (Fsp3) is 1.00. The Morgan fingerprint density at radius 2 is 2.20 bits per heavy atom. The lowest BCUT2D eigenvalue weighted by Crippen LogP contribution is -2.03. The smallest absolute Gasteiger partial charge is 0.0520 e. The van der Waals surface area contributed by atoms with Crippen molar-refractivity contribution < 1.29 is 5.11 Å². The van der Waals surface area contributed by atoms with E-state index >= 15 is 0 Å². The lowest BCUT2D eigenvalue weighted by atomic mass is 10.3. The predicted molar refractivity (Wildman–Crippen MR) is 47.3 cm³/mol. The van der Waals surface area contributed by atoms with Gasteiger partial charge in [-0.25, -0.2) is 0 Å². The minimum atomic E-state index is -0.148. The molecule has 0 bridgehead atoms. The van der Waals surface area contributed by atoms with Crippen LogP contribution in [0.5, 0.6) is 0 Å². The van der Waals surface area contributed by atoms with E-state index in [2.05, 4.69) is 0 Å². The van der Waals surface area contributed by atoms with Crippen molar-refractivity contribution >= 4 is 11.8 Å². The zero-order chi connectivity index (χ0) is 7.82. The van der Waals surface area contributed by atoms with Crippen LogP contribution in [-0.4, -0.2) is 29.3 Å². The normalized spacial score (nSPS) is 13.5. The SMILES string of the molecule is CC(O)CCSCCCN. The third kappa shape index (κ3) is 8.27. The summed E-state index contributed by atoms with van der Waals surface area (Å²) in [5.41, 5.74) is 5.31. The maximum Gasteiger partial charge on any atom is 0.0520 e. The number of aliphatic hydroxyl groups excluding tert-OH is 1. The molecule has 10 heavy (non-hydrogen) atoms. The van der Waals surface area contributed by atoms with E-state index in [1.807, 2.05) is 18.7 Å². The Labute approximate surface area is 67.2 Å². The minimum Gasteiger partial charge on any atom is -0.393 e. The van der Waals surface area contributed by atoms with Crippen LogP contribution in [0.4, 0.5) is 0 Å². The maximum absolute atomic E-state index is 8.87. The molecule has 0 amide bonds. The fourth-order valence-electron chi connectivity index (χ4n) is 0.541. The van der Waals surface area contributed by atoms with E-state index in [-0.39, 0.29) is 6.10 Å². The van der Waals surface area contributed by atoms with Crippen LogP contribution < -0.4 is 5.73 Å². The summed E-state index contributed by atoms with van der Waals surface area (Å²) in [5, 5.41) is 8.87. The third-order valence-electron chi connectivity index (χ3n) is 1.17. The first-order valence-corrected chi connectivity index (χ1v) is 4.88. The summed E-state index contributed by atoms with van der Waals surface area (Å²) in [6.07, 6.45) is 1.84. The van der Waals surface area contributed by atoms with Gasteiger partial charge in [-0.05, 0) is 37.8 Å². The summed E-state index contributed by atoms with van der Waals surface area (Å²) in [6.45, 7) is 2.60. The van der Waals surface area contributed by atoms with Gasteiger partial charge in [0.2, 0.25) is 0 Å². The second kappa shape index (κ2) is 7.38. The Morgan fingerprint density at radius 3 is 2.70 bits per heavy atom. The van der Waals surface area contributed by atoms with Crippen LogP contribution in [0.15, 0.2) is 0 Å². The van der Waals surface area contributed by atoms with Gasteiger partial charge in [0.15, 0.2) is 0 Å². The summed E-state index contributed by atoms with van der Waals surface area (Å²) in [5.74, 6) is 2.18. The highest BCUT2D eigenvalue weighted by Crippen LogP contribution is 2.05. The van der Waals surface area contributed by atoms with E-state index < -0.39 is 0 Å². The Morgan fingerprint density at radius 1 is 1.50 bits per heavy atom. The van der Waals surface area contributed by atoms with Crippen LogP contribution in [0.2, 0.25) is 0 Å². The molecular weight excluding hydrogens is 146 g/mol. The van der Waals surface area contributed by atoms with Gasteiger partial charge in [0.1, 0.15) is 0 Å². The van der Waals surface area contributed by atoms with Crippen molar-refractivity contribution in [3.8, 4) is 0 Å². The molecule has 0 rings (SSSR count). The van der Waals surface area contributed by atoms with Gasteiger partial charge in [-0.1, -0.05) is 0 Å². The first kappa shape index (κ1) is 10.3. The molecule has 1 atom stereocenters. The summed E-state index contributed by atoms with van der Waals surface area (Å²) in [6, 6.07) is 0. The Balaban J connectivity index is 2.77. The van der Waals surface area contributed by atoms with Crippen molar-refractivity contribution in [1.82, 2.24) is 0 Å². The highest BCUT2D eigenvalue weighted by atomic mass is 32.2. The van der Waals surface area contributed by atoms with Gasteiger partial charge in [0, 0.05) is 0 Å². The lowest BCUT2D eigenvalue weighted by Gasteiger charge is -2.02. The van der Waals surface area contributed by atoms with Gasteiger partial charge in [-0.2, -0.15) is 11.8 Å². The van der Waals surface area contributed by atoms with Gasteiger partial charge < -0.3 is 10.8 Å². The van der Waals surface area contributed by atoms with E-state index in [4.69, 9.17) is 10.8 Å². The van der Waals surface area contributed by atoms with Crippen LogP contribution in [-0.2, 0) is 0 Å². The van der Waals surface area contributed by atoms with Crippen molar-refractivity contribution in [3.05, 3.63) is 0 Å². The van der Waals surface area contributed by atoms with Crippen molar-refractivity contribution in [3.63, 3.8) is 0 Å². The largest absolute Gasteiger partial charge is 0.393 e. The Hall–Kier alpha value is 0.270. The standard InChI is InChI=1S/C7H17NOS/c1-7(9)3-6-10-5-2-4-8/h7,9H,2-6,8H2,1H3. The van der Waals surface area contributed by atoms with E-state index in [0.29, 0.717) is 0 Å². The molecule has 0 heterocycles. The van der Waals surface area contributed by atoms with Gasteiger partial charge in [0.05, 0.1) is 6.10 Å². The lowest BCUT2D eigenvalue weighted by molar-refractivity contribution is 0.192. The van der Waals surface area contributed by atoms with Crippen molar-refractivity contribution in [2.24, 2.45) is 5.73 Å². The molecule has 0 aromatic heterocycles. The maximum atomic E-state index is 8.87. The number of thioether (sulfide) groups is 1. The molecule has 0 saturated heterocycles. The van der Waals surface area contributed by atoms with Crippen LogP contribution >= 0.6 is 11.8 Å². The van der Waals surface area contributed by atoms with Crippen LogP contribution in [0.1, 0.15) is 19.8 Å². The highest BCUT2D eigenvalue weighted by molar-refractivity contribution is 7.99. The second-order valence-corrected chi connectivity index (χ2v) is 3.62. The monoisotopic (exact) mass is 163 g/mol. The fourth-order valence-corrected chi connectivity index (χ4v) is 1.62. The average Bonchev–Trinajstić information content (AvgIpc) is 1.87. The summed E-state index contributed by atoms with van der Waals surface area (Å²) in [4.78, 5) is 0. The van der Waals surface area contributed by atoms with E-state index in [0.717, 1.165) is 30.9 Å². The Bertz CT molecular complexity index is 68.6. The summed E-state index contributed by atoms with van der Waals surface area (Å²) >= 11 is 1.87. The van der Waals surface area contributed by atoms with Crippen molar-refractivity contribution in [2.45, 2.75) is 25.9 Å². The molecule has 0 fully saturated rings. The third-order valence-corrected chi connectivity index (χ3v) is 2.27. The molecule has 2 nitrogen and oxygen atoms in total. The molecule has 0 aliphatic heterocycles. The van der Waals surface area contributed by atoms with E-state index in [1.165, 1.54) is 0 Å². The zero-order valence-corrected chi connectivity index (χ0v) is 7.36. The molecule has 0 aromatic rings. The van der Waals surface area contributed by atoms with Gasteiger partial charge in [-0.3, -0.25) is 0 Å². The number of aliphatic hydroxyl groups is 1. The number of nitrogens with two attached hydrogens (primary N) is 1. The minimum absolute atomic E-state index is 0.148. The molecule has 0 spiro atoms. The molecule has 0 aliphatic rings. The summed E-state index contributed by atoms with van der Waals surface area (Å²) in [7, 11) is 0. The molecule has 0 aromatic carbocycles. The Kier molecular flexibility index (Phi) is 7.58. The molecule has 0 aliphatic carbocycles. The average molecular weight is 163 g/mol. The highest BCUT2D eigenvalue weighted by Gasteiger charge is 1.94. The molecular formula is C7H17NOS. The van der Waals surface area contributed by atoms with Gasteiger partial charge in [-0.15, -0.1) is 0 Å². The molecule has 3 N–H and O–H groups in total. The zero-order valence-electron chi connectivity index (χ0n) is 6.55. The van der Waals surface area contributed by atoms with E-state index in [9.17, 15) is 0 Å². The van der Waals surface area contributed by atoms with Crippen LogP contribution in [0.3, 0.4) is 0 Å². The first-order chi connectivity index (χ1) is 4.77. The molecule has 0 radical (unpaired) electrons. The number of hydrogen-bond acceptors (Lipinski definition) is 3. The molecule has 1 unspecified atom stereocenters. The number of hydrogen-bond donors (Lipinski definition) is 2. The number of rotatable bonds is 6. The second-order valence-electron chi connectivity index (χ2n) is 2.39. The van der Waals surface area contributed by atoms with Crippen molar-refractivity contribution in [1.29, 1.82) is 0 Å². The molecule has 3 heteroatoms. The van der Waals surface area contributed by atoms with Gasteiger partial charge >= 0.3 is 0 Å².